The number of nitrogens with zero attached hydrogens (tertiary/aromatic N) is 3. The van der Waals surface area contributed by atoms with Gasteiger partial charge < -0.3 is 19.7 Å². The average molecular weight is 521 g/mol. The summed E-state index contributed by atoms with van der Waals surface area (Å²) >= 11 is 0. The van der Waals surface area contributed by atoms with Crippen LogP contribution in [0.5, 0.6) is 5.88 Å². The minimum Gasteiger partial charge on any atom is -0.474 e. The molecule has 1 saturated carbocycles. The molecular weight excluding hydrogens is 487 g/mol. The Labute approximate surface area is 211 Å². The maximum atomic E-state index is 14.8. The van der Waals surface area contributed by atoms with Gasteiger partial charge in [-0.3, -0.25) is 0 Å². The van der Waals surface area contributed by atoms with Crippen LogP contribution in [0.3, 0.4) is 0 Å². The fourth-order valence-corrected chi connectivity index (χ4v) is 5.96. The first-order valence-electron chi connectivity index (χ1n) is 12.2. The molecule has 0 bridgehead atoms. The Morgan fingerprint density at radius 3 is 2.42 bits per heavy atom. The van der Waals surface area contributed by atoms with Crippen molar-refractivity contribution >= 4 is 27.4 Å². The van der Waals surface area contributed by atoms with Crippen LogP contribution in [0.2, 0.25) is 0 Å². The number of piperidine rings is 1. The highest BCUT2D eigenvalue weighted by Crippen LogP contribution is 2.33. The normalized spacial score (nSPS) is 17.4. The Hall–Kier alpha value is -2.95. The summed E-state index contributed by atoms with van der Waals surface area (Å²) in [4.78, 5) is 22.4. The van der Waals surface area contributed by atoms with E-state index in [4.69, 9.17) is 9.47 Å². The minimum absolute atomic E-state index is 0.00333. The molecule has 2 aliphatic rings. The van der Waals surface area contributed by atoms with Crippen LogP contribution in [-0.2, 0) is 14.6 Å². The number of benzene rings is 1. The van der Waals surface area contributed by atoms with E-state index < -0.39 is 26.5 Å². The van der Waals surface area contributed by atoms with E-state index >= 15 is 0 Å². The molecule has 0 unspecified atom stereocenters. The quantitative estimate of drug-likeness (QED) is 0.580. The number of halogens is 1. The Morgan fingerprint density at radius 1 is 1.14 bits per heavy atom. The van der Waals surface area contributed by atoms with Crippen molar-refractivity contribution in [3.05, 3.63) is 35.9 Å². The lowest BCUT2D eigenvalue weighted by Crippen LogP contribution is -2.44. The number of hydrogen-bond donors (Lipinski definition) is 1. The number of carbonyl (C=O) groups excluding carboxylic acids is 1. The summed E-state index contributed by atoms with van der Waals surface area (Å²) < 4.78 is 51.5. The Balaban J connectivity index is 1.39. The van der Waals surface area contributed by atoms with Crippen molar-refractivity contribution in [2.24, 2.45) is 0 Å². The first kappa shape index (κ1) is 26.1. The monoisotopic (exact) mass is 520 g/mol. The fraction of sp³-hybridized carbons (Fsp3) is 0.560. The molecule has 1 aliphatic carbocycles. The van der Waals surface area contributed by atoms with Gasteiger partial charge in [0.2, 0.25) is 5.88 Å². The molecule has 2 heterocycles. The van der Waals surface area contributed by atoms with Gasteiger partial charge in [0.25, 0.3) is 0 Å². The highest BCUT2D eigenvalue weighted by atomic mass is 32.2. The zero-order valence-electron chi connectivity index (χ0n) is 21.1. The Kier molecular flexibility index (Phi) is 7.40. The smallest absolute Gasteiger partial charge is 0.410 e. The average Bonchev–Trinajstić information content (AvgIpc) is 2.75. The van der Waals surface area contributed by atoms with Crippen LogP contribution in [0, 0.1) is 12.7 Å². The summed E-state index contributed by atoms with van der Waals surface area (Å²) in [6.07, 6.45) is 4.21. The number of aromatic nitrogens is 2. The van der Waals surface area contributed by atoms with Gasteiger partial charge in [-0.15, -0.1) is 0 Å². The van der Waals surface area contributed by atoms with Gasteiger partial charge >= 0.3 is 6.09 Å². The van der Waals surface area contributed by atoms with E-state index in [2.05, 4.69) is 15.3 Å². The zero-order chi connectivity index (χ0) is 26.1. The predicted molar refractivity (Wildman–Crippen MR) is 133 cm³/mol. The van der Waals surface area contributed by atoms with Crippen molar-refractivity contribution in [1.29, 1.82) is 0 Å². The third kappa shape index (κ3) is 5.88. The van der Waals surface area contributed by atoms with E-state index in [0.717, 1.165) is 12.5 Å². The first-order valence-corrected chi connectivity index (χ1v) is 13.8. The van der Waals surface area contributed by atoms with Crippen molar-refractivity contribution in [1.82, 2.24) is 14.9 Å². The zero-order valence-corrected chi connectivity index (χ0v) is 21.9. The van der Waals surface area contributed by atoms with Crippen LogP contribution in [0.25, 0.3) is 0 Å². The molecule has 4 rings (SSSR count). The first-order chi connectivity index (χ1) is 16.9. The lowest BCUT2D eigenvalue weighted by molar-refractivity contribution is 0.0122. The number of nitrogens with one attached hydrogen (secondary N) is 1. The molecule has 2 aromatic rings. The molecule has 2 fully saturated rings. The summed E-state index contributed by atoms with van der Waals surface area (Å²) in [7, 11) is -3.51. The summed E-state index contributed by atoms with van der Waals surface area (Å²) in [6, 6.07) is 3.89. The van der Waals surface area contributed by atoms with Crippen molar-refractivity contribution in [2.75, 3.05) is 18.4 Å². The van der Waals surface area contributed by atoms with E-state index in [9.17, 15) is 17.6 Å². The number of anilines is 2. The highest BCUT2D eigenvalue weighted by Gasteiger charge is 2.33. The third-order valence-electron chi connectivity index (χ3n) is 6.42. The van der Waals surface area contributed by atoms with Crippen molar-refractivity contribution in [3.8, 4) is 5.88 Å². The number of sulfone groups is 1. The summed E-state index contributed by atoms with van der Waals surface area (Å²) in [5, 5.41) is 2.51. The number of ether oxygens (including phenoxy) is 2. The molecule has 11 heteroatoms. The predicted octanol–water partition coefficient (Wildman–Crippen LogP) is 4.77. The topological polar surface area (TPSA) is 111 Å². The fourth-order valence-electron chi connectivity index (χ4n) is 4.09. The van der Waals surface area contributed by atoms with E-state index in [1.165, 1.54) is 18.5 Å². The number of rotatable bonds is 6. The third-order valence-corrected chi connectivity index (χ3v) is 8.68. The van der Waals surface area contributed by atoms with Gasteiger partial charge in [-0.05, 0) is 58.7 Å². The van der Waals surface area contributed by atoms with Gasteiger partial charge in [0.15, 0.2) is 9.84 Å². The molecule has 1 aliphatic heterocycles. The highest BCUT2D eigenvalue weighted by molar-refractivity contribution is 7.92. The van der Waals surface area contributed by atoms with Crippen LogP contribution in [0.4, 0.5) is 20.7 Å². The van der Waals surface area contributed by atoms with Crippen LogP contribution >= 0.6 is 0 Å². The van der Waals surface area contributed by atoms with Crippen molar-refractivity contribution < 1.29 is 27.1 Å². The SMILES string of the molecule is Cc1c(Nc2ccc(S(=O)(=O)C3CCC3)cc2F)ncnc1OC1CCN(C(=O)OC(C)(C)C)CC1. The largest absolute Gasteiger partial charge is 0.474 e. The van der Waals surface area contributed by atoms with Gasteiger partial charge in [-0.2, -0.15) is 0 Å². The minimum atomic E-state index is -3.51. The Bertz CT molecular complexity index is 1220. The maximum absolute atomic E-state index is 14.8. The Morgan fingerprint density at radius 2 is 1.83 bits per heavy atom. The van der Waals surface area contributed by atoms with Crippen LogP contribution in [-0.4, -0.2) is 59.4 Å². The summed E-state index contributed by atoms with van der Waals surface area (Å²) in [6.45, 7) is 8.29. The number of carbonyl (C=O) groups is 1. The van der Waals surface area contributed by atoms with Crippen LogP contribution in [0.15, 0.2) is 29.4 Å². The van der Waals surface area contributed by atoms with Crippen LogP contribution in [0.1, 0.15) is 58.4 Å². The second-order valence-corrected chi connectivity index (χ2v) is 12.5. The molecular formula is C25H33FN4O5S. The lowest BCUT2D eigenvalue weighted by Gasteiger charge is -2.33. The molecule has 196 valence electrons. The second-order valence-electron chi connectivity index (χ2n) is 10.3. The van der Waals surface area contributed by atoms with Gasteiger partial charge in [0.1, 0.15) is 29.7 Å². The van der Waals surface area contributed by atoms with Gasteiger partial charge in [-0.1, -0.05) is 6.42 Å². The summed E-state index contributed by atoms with van der Waals surface area (Å²) in [5.74, 6) is 0.0536. The van der Waals surface area contributed by atoms with E-state index in [1.807, 2.05) is 20.8 Å². The molecule has 1 N–H and O–H groups in total. The molecule has 0 radical (unpaired) electrons. The molecule has 36 heavy (non-hydrogen) atoms. The van der Waals surface area contributed by atoms with Crippen LogP contribution < -0.4 is 10.1 Å². The number of hydrogen-bond acceptors (Lipinski definition) is 8. The molecule has 1 aromatic carbocycles. The van der Waals surface area contributed by atoms with Gasteiger partial charge in [0.05, 0.1) is 21.4 Å². The second kappa shape index (κ2) is 10.2. The van der Waals surface area contributed by atoms with E-state index in [1.54, 1.807) is 11.8 Å². The standard InChI is InChI=1S/C25H33FN4O5S/c1-16-22(29-21-9-8-19(14-20(21)26)36(32,33)18-6-5-7-18)27-15-28-23(16)34-17-10-12-30(13-11-17)24(31)35-25(2,3)4/h8-9,14-15,17-18H,5-7,10-13H2,1-4H3,(H,27,28,29). The molecule has 1 saturated heterocycles. The maximum Gasteiger partial charge on any atom is 0.410 e. The molecule has 0 atom stereocenters. The van der Waals surface area contributed by atoms with Crippen molar-refractivity contribution in [3.63, 3.8) is 0 Å². The van der Waals surface area contributed by atoms with E-state index in [-0.39, 0.29) is 22.8 Å². The number of likely N-dealkylation sites (tertiary alicyclic amines) is 1. The van der Waals surface area contributed by atoms with Gasteiger partial charge in [0, 0.05) is 25.9 Å². The van der Waals surface area contributed by atoms with E-state index in [0.29, 0.717) is 56.0 Å². The number of amides is 1. The molecule has 1 aromatic heterocycles. The molecule has 1 amide bonds. The van der Waals surface area contributed by atoms with Gasteiger partial charge in [-0.25, -0.2) is 27.6 Å². The molecule has 9 nitrogen and oxygen atoms in total. The summed E-state index contributed by atoms with van der Waals surface area (Å²) in [5.41, 5.74) is 0.162. The van der Waals surface area contributed by atoms with Crippen molar-refractivity contribution in [2.45, 2.75) is 81.6 Å². The lowest BCUT2D eigenvalue weighted by atomic mass is 10.00. The molecule has 0 spiro atoms.